The van der Waals surface area contributed by atoms with Gasteiger partial charge in [0.1, 0.15) is 12.7 Å². The van der Waals surface area contributed by atoms with Crippen LogP contribution in [0.3, 0.4) is 0 Å². The molecule has 0 spiro atoms. The minimum absolute atomic E-state index is 0.0598. The molecule has 8 heteroatoms. The summed E-state index contributed by atoms with van der Waals surface area (Å²) in [4.78, 5) is 16.2. The lowest BCUT2D eigenvalue weighted by atomic mass is 9.79. The van der Waals surface area contributed by atoms with E-state index in [0.717, 1.165) is 12.8 Å². The van der Waals surface area contributed by atoms with Crippen LogP contribution in [0.2, 0.25) is 5.28 Å². The molecule has 2 heterocycles. The van der Waals surface area contributed by atoms with Crippen molar-refractivity contribution in [3.63, 3.8) is 0 Å². The predicted octanol–water partition coefficient (Wildman–Crippen LogP) is 1.46. The van der Waals surface area contributed by atoms with Crippen LogP contribution >= 0.6 is 11.6 Å². The van der Waals surface area contributed by atoms with Crippen LogP contribution in [-0.4, -0.2) is 35.3 Å². The highest BCUT2D eigenvalue weighted by molar-refractivity contribution is 6.28. The van der Waals surface area contributed by atoms with Crippen LogP contribution < -0.4 is 5.32 Å². The first-order valence-electron chi connectivity index (χ1n) is 5.69. The van der Waals surface area contributed by atoms with Gasteiger partial charge >= 0.3 is 0 Å². The van der Waals surface area contributed by atoms with E-state index in [0.29, 0.717) is 11.9 Å². The molecular weight excluding hydrogens is 254 g/mol. The zero-order chi connectivity index (χ0) is 12.6. The fraction of sp³-hybridized carbons (Fsp3) is 0.500. The van der Waals surface area contributed by atoms with Gasteiger partial charge in [0.05, 0.1) is 0 Å². The molecule has 18 heavy (non-hydrogen) atoms. The first-order chi connectivity index (χ1) is 8.65. The topological polar surface area (TPSA) is 81.4 Å². The lowest BCUT2D eigenvalue weighted by Gasteiger charge is -2.39. The fourth-order valence-corrected chi connectivity index (χ4v) is 2.07. The van der Waals surface area contributed by atoms with Gasteiger partial charge in [0, 0.05) is 5.54 Å². The van der Waals surface area contributed by atoms with Crippen molar-refractivity contribution < 1.29 is 0 Å². The summed E-state index contributed by atoms with van der Waals surface area (Å²) in [5.41, 5.74) is 0.0598. The molecule has 0 aliphatic heterocycles. The van der Waals surface area contributed by atoms with Gasteiger partial charge in [0.25, 0.3) is 5.95 Å². The van der Waals surface area contributed by atoms with Crippen LogP contribution in [0.4, 0.5) is 5.95 Å². The quantitative estimate of drug-likeness (QED) is 0.905. The van der Waals surface area contributed by atoms with Crippen LogP contribution in [0.5, 0.6) is 0 Å². The summed E-state index contributed by atoms with van der Waals surface area (Å²) in [6.07, 6.45) is 6.36. The van der Waals surface area contributed by atoms with E-state index >= 15 is 0 Å². The average molecular weight is 266 g/mol. The molecule has 7 nitrogen and oxygen atoms in total. The Morgan fingerprint density at radius 2 is 2.17 bits per heavy atom. The van der Waals surface area contributed by atoms with E-state index in [9.17, 15) is 0 Å². The molecule has 1 fully saturated rings. The molecule has 2 aromatic rings. The second kappa shape index (κ2) is 4.16. The van der Waals surface area contributed by atoms with E-state index in [1.165, 1.54) is 23.8 Å². The van der Waals surface area contributed by atoms with Crippen LogP contribution in [-0.2, 0) is 0 Å². The summed E-state index contributed by atoms with van der Waals surface area (Å²) in [5.74, 6) is 0.834. The Kier molecular flexibility index (Phi) is 2.62. The second-order valence-electron chi connectivity index (χ2n) is 4.61. The Balaban J connectivity index is 1.91. The summed E-state index contributed by atoms with van der Waals surface area (Å²) >= 11 is 5.89. The van der Waals surface area contributed by atoms with Crippen molar-refractivity contribution in [2.24, 2.45) is 0 Å². The third kappa shape index (κ3) is 2.13. The second-order valence-corrected chi connectivity index (χ2v) is 4.95. The van der Waals surface area contributed by atoms with Crippen molar-refractivity contribution in [1.29, 1.82) is 0 Å². The van der Waals surface area contributed by atoms with E-state index in [2.05, 4.69) is 37.3 Å². The summed E-state index contributed by atoms with van der Waals surface area (Å²) in [7, 11) is 0. The Morgan fingerprint density at radius 3 is 2.78 bits per heavy atom. The summed E-state index contributed by atoms with van der Waals surface area (Å²) in [6, 6.07) is 0. The third-order valence-corrected chi connectivity index (χ3v) is 3.26. The maximum absolute atomic E-state index is 5.89. The van der Waals surface area contributed by atoms with Crippen molar-refractivity contribution in [2.45, 2.75) is 31.7 Å². The summed E-state index contributed by atoms with van der Waals surface area (Å²) < 4.78 is 1.45. The molecule has 0 aromatic carbocycles. The van der Waals surface area contributed by atoms with E-state index < -0.39 is 0 Å². The van der Waals surface area contributed by atoms with Crippen molar-refractivity contribution in [3.05, 3.63) is 17.9 Å². The van der Waals surface area contributed by atoms with Crippen molar-refractivity contribution in [2.75, 3.05) is 5.32 Å². The van der Waals surface area contributed by atoms with E-state index in [1.54, 1.807) is 0 Å². The predicted molar refractivity (Wildman–Crippen MR) is 65.6 cm³/mol. The first kappa shape index (κ1) is 11.3. The molecule has 94 valence electrons. The highest BCUT2D eigenvalue weighted by Crippen LogP contribution is 2.33. The number of aromatic nitrogens is 6. The van der Waals surface area contributed by atoms with Gasteiger partial charge in [0.15, 0.2) is 0 Å². The van der Waals surface area contributed by atoms with Gasteiger partial charge in [-0.15, -0.1) is 0 Å². The normalized spacial score (nSPS) is 17.2. The molecule has 0 saturated heterocycles. The highest BCUT2D eigenvalue weighted by Gasteiger charge is 2.32. The lowest BCUT2D eigenvalue weighted by molar-refractivity contribution is 0.304. The van der Waals surface area contributed by atoms with Gasteiger partial charge < -0.3 is 5.32 Å². The lowest BCUT2D eigenvalue weighted by Crippen LogP contribution is -2.42. The fourth-order valence-electron chi connectivity index (χ4n) is 1.91. The van der Waals surface area contributed by atoms with Crippen molar-refractivity contribution in [1.82, 2.24) is 29.7 Å². The number of hydrogen-bond acceptors (Lipinski definition) is 6. The standard InChI is InChI=1S/C10H12ClN7/c1-10(3-2-4-10)17-8-14-7(11)15-9(16-8)18-6-12-5-13-18/h5-6H,2-4H2,1H3,(H,14,15,16,17). The average Bonchev–Trinajstić information content (AvgIpc) is 2.79. The van der Waals surface area contributed by atoms with Crippen molar-refractivity contribution >= 4 is 17.5 Å². The highest BCUT2D eigenvalue weighted by atomic mass is 35.5. The first-order valence-corrected chi connectivity index (χ1v) is 6.07. The summed E-state index contributed by atoms with van der Waals surface area (Å²) in [5, 5.41) is 7.40. The molecule has 1 aliphatic rings. The minimum atomic E-state index is 0.0598. The summed E-state index contributed by atoms with van der Waals surface area (Å²) in [6.45, 7) is 2.14. The maximum atomic E-state index is 5.89. The molecule has 3 rings (SSSR count). The molecule has 0 unspecified atom stereocenters. The monoisotopic (exact) mass is 265 g/mol. The van der Waals surface area contributed by atoms with E-state index in [4.69, 9.17) is 11.6 Å². The Morgan fingerprint density at radius 1 is 1.33 bits per heavy atom. The number of hydrogen-bond donors (Lipinski definition) is 1. The maximum Gasteiger partial charge on any atom is 0.258 e. The largest absolute Gasteiger partial charge is 0.349 e. The van der Waals surface area contributed by atoms with Crippen LogP contribution in [0.25, 0.3) is 5.95 Å². The zero-order valence-corrected chi connectivity index (χ0v) is 10.6. The molecule has 0 radical (unpaired) electrons. The Bertz CT molecular complexity index is 549. The third-order valence-electron chi connectivity index (χ3n) is 3.09. The Hall–Kier alpha value is -1.76. The van der Waals surface area contributed by atoms with Gasteiger partial charge in [-0.2, -0.15) is 24.7 Å². The molecule has 2 aromatic heterocycles. The minimum Gasteiger partial charge on any atom is -0.349 e. The molecule has 0 amide bonds. The van der Waals surface area contributed by atoms with Gasteiger partial charge in [-0.25, -0.2) is 4.98 Å². The van der Waals surface area contributed by atoms with Gasteiger partial charge in [-0.05, 0) is 37.8 Å². The molecule has 1 N–H and O–H groups in total. The number of nitrogens with one attached hydrogen (secondary N) is 1. The molecular formula is C10H12ClN7. The van der Waals surface area contributed by atoms with Gasteiger partial charge in [-0.1, -0.05) is 0 Å². The number of rotatable bonds is 3. The zero-order valence-electron chi connectivity index (χ0n) is 9.84. The molecule has 0 bridgehead atoms. The van der Waals surface area contributed by atoms with E-state index in [-0.39, 0.29) is 10.8 Å². The number of nitrogens with zero attached hydrogens (tertiary/aromatic N) is 6. The number of anilines is 1. The number of halogens is 1. The van der Waals surface area contributed by atoms with E-state index in [1.807, 2.05) is 0 Å². The van der Waals surface area contributed by atoms with Gasteiger partial charge in [-0.3, -0.25) is 0 Å². The van der Waals surface area contributed by atoms with Crippen LogP contribution in [0, 0.1) is 0 Å². The van der Waals surface area contributed by atoms with Crippen LogP contribution in [0.15, 0.2) is 12.7 Å². The van der Waals surface area contributed by atoms with Crippen molar-refractivity contribution in [3.8, 4) is 5.95 Å². The Labute approximate surface area is 109 Å². The van der Waals surface area contributed by atoms with Gasteiger partial charge in [0.2, 0.25) is 11.2 Å². The van der Waals surface area contributed by atoms with Crippen LogP contribution in [0.1, 0.15) is 26.2 Å². The smallest absolute Gasteiger partial charge is 0.258 e. The molecule has 1 saturated carbocycles. The SMILES string of the molecule is CC1(Nc2nc(Cl)nc(-n3cncn3)n2)CCC1. The molecule has 1 aliphatic carbocycles. The molecule has 0 atom stereocenters.